The Morgan fingerprint density at radius 1 is 1.07 bits per heavy atom. The predicted octanol–water partition coefficient (Wildman–Crippen LogP) is 4.10. The van der Waals surface area contributed by atoms with Crippen LogP contribution in [0.25, 0.3) is 0 Å². The molecule has 0 saturated carbocycles. The number of carbonyl (C=O) groups excluding carboxylic acids is 2. The van der Waals surface area contributed by atoms with E-state index in [1.165, 1.54) is 18.2 Å². The van der Waals surface area contributed by atoms with Crippen LogP contribution in [0.2, 0.25) is 0 Å². The molecule has 0 fully saturated rings. The van der Waals surface area contributed by atoms with Crippen molar-refractivity contribution in [2.45, 2.75) is 6.18 Å². The fraction of sp³-hybridized carbons (Fsp3) is 0.176. The van der Waals surface area contributed by atoms with Gasteiger partial charge in [-0.05, 0) is 40.2 Å². The van der Waals surface area contributed by atoms with Gasteiger partial charge in [-0.3, -0.25) is 0 Å². The van der Waals surface area contributed by atoms with Crippen molar-refractivity contribution in [1.29, 1.82) is 0 Å². The third kappa shape index (κ3) is 4.05. The van der Waals surface area contributed by atoms with Gasteiger partial charge in [0.15, 0.2) is 5.82 Å². The first-order chi connectivity index (χ1) is 12.6. The van der Waals surface area contributed by atoms with Crippen molar-refractivity contribution in [2.24, 2.45) is 0 Å². The van der Waals surface area contributed by atoms with Crippen molar-refractivity contribution < 1.29 is 36.6 Å². The van der Waals surface area contributed by atoms with Gasteiger partial charge in [0.2, 0.25) is 0 Å². The summed E-state index contributed by atoms with van der Waals surface area (Å²) in [6.45, 7) is 0. The monoisotopic (exact) mass is 449 g/mol. The van der Waals surface area contributed by atoms with E-state index in [2.05, 4.69) is 25.4 Å². The number of allylic oxidation sites excluding steroid dienone is 2. The number of hydrogen-bond donors (Lipinski definition) is 0. The minimum atomic E-state index is -5.08. The summed E-state index contributed by atoms with van der Waals surface area (Å²) in [5.74, 6) is -3.65. The second-order valence-corrected chi connectivity index (χ2v) is 5.92. The van der Waals surface area contributed by atoms with Crippen molar-refractivity contribution >= 4 is 33.6 Å². The number of halogens is 5. The molecule has 0 saturated heterocycles. The van der Waals surface area contributed by atoms with E-state index in [1.54, 1.807) is 0 Å². The summed E-state index contributed by atoms with van der Waals surface area (Å²) < 4.78 is 63.6. The molecule has 0 amide bonds. The molecule has 0 unspecified atom stereocenters. The standard InChI is InChI=1S/C17H12BrF4NO4/c1-26-15(24)9-5-3-4-8-23(14(9)16(25)27-2)11-7-6-10(18)13(19)12(11)17(20,21)22/h3-8H,1-2H3. The summed E-state index contributed by atoms with van der Waals surface area (Å²) in [5.41, 5.74) is -3.23. The van der Waals surface area contributed by atoms with Crippen LogP contribution in [0, 0.1) is 5.82 Å². The van der Waals surface area contributed by atoms with Crippen molar-refractivity contribution in [2.75, 3.05) is 19.1 Å². The van der Waals surface area contributed by atoms with Gasteiger partial charge in [0, 0.05) is 6.20 Å². The first-order valence-corrected chi connectivity index (χ1v) is 8.03. The number of anilines is 1. The summed E-state index contributed by atoms with van der Waals surface area (Å²) >= 11 is 2.71. The Labute approximate surface area is 159 Å². The van der Waals surface area contributed by atoms with Gasteiger partial charge in [-0.15, -0.1) is 0 Å². The van der Waals surface area contributed by atoms with Crippen LogP contribution in [0.4, 0.5) is 23.2 Å². The number of alkyl halides is 3. The molecule has 0 atom stereocenters. The van der Waals surface area contributed by atoms with E-state index in [9.17, 15) is 27.2 Å². The normalized spacial score (nSPS) is 14.3. The fourth-order valence-electron chi connectivity index (χ4n) is 2.36. The molecule has 0 N–H and O–H groups in total. The van der Waals surface area contributed by atoms with Crippen LogP contribution in [0.1, 0.15) is 5.56 Å². The molecule has 0 bridgehead atoms. The van der Waals surface area contributed by atoms with Crippen molar-refractivity contribution in [3.63, 3.8) is 0 Å². The molecule has 2 rings (SSSR count). The zero-order valence-electron chi connectivity index (χ0n) is 13.9. The highest BCUT2D eigenvalue weighted by Gasteiger charge is 2.41. The molecule has 1 aliphatic heterocycles. The highest BCUT2D eigenvalue weighted by Crippen LogP contribution is 2.42. The highest BCUT2D eigenvalue weighted by molar-refractivity contribution is 9.10. The smallest absolute Gasteiger partial charge is 0.421 e. The Balaban J connectivity index is 2.85. The van der Waals surface area contributed by atoms with E-state index in [4.69, 9.17) is 0 Å². The lowest BCUT2D eigenvalue weighted by molar-refractivity contribution is -0.140. The molecule has 1 aromatic carbocycles. The lowest BCUT2D eigenvalue weighted by Crippen LogP contribution is -2.29. The number of benzene rings is 1. The van der Waals surface area contributed by atoms with Gasteiger partial charge in [0.05, 0.1) is 30.0 Å². The number of ether oxygens (including phenoxy) is 2. The van der Waals surface area contributed by atoms with E-state index in [-0.39, 0.29) is 5.57 Å². The van der Waals surface area contributed by atoms with Gasteiger partial charge >= 0.3 is 18.1 Å². The Kier molecular flexibility index (Phi) is 6.09. The Bertz CT molecular complexity index is 874. The Hall–Kier alpha value is -2.62. The molecular weight excluding hydrogens is 438 g/mol. The molecule has 0 aliphatic carbocycles. The van der Waals surface area contributed by atoms with Crippen LogP contribution < -0.4 is 4.90 Å². The van der Waals surface area contributed by atoms with E-state index in [0.717, 1.165) is 37.5 Å². The van der Waals surface area contributed by atoms with E-state index in [0.29, 0.717) is 0 Å². The second-order valence-electron chi connectivity index (χ2n) is 5.07. The molecule has 27 heavy (non-hydrogen) atoms. The van der Waals surface area contributed by atoms with Crippen molar-refractivity contribution in [3.05, 3.63) is 63.7 Å². The molecule has 0 spiro atoms. The van der Waals surface area contributed by atoms with Crippen LogP contribution >= 0.6 is 15.9 Å². The molecule has 1 heterocycles. The van der Waals surface area contributed by atoms with Crippen molar-refractivity contribution in [1.82, 2.24) is 0 Å². The summed E-state index contributed by atoms with van der Waals surface area (Å²) in [4.78, 5) is 25.0. The molecule has 10 heteroatoms. The zero-order valence-corrected chi connectivity index (χ0v) is 15.5. The first kappa shape index (κ1) is 20.7. The quantitative estimate of drug-likeness (QED) is 0.513. The minimum Gasteiger partial charge on any atom is -0.465 e. The molecule has 0 radical (unpaired) electrons. The predicted molar refractivity (Wildman–Crippen MR) is 90.9 cm³/mol. The summed E-state index contributed by atoms with van der Waals surface area (Å²) in [5, 5.41) is 0. The van der Waals surface area contributed by atoms with Gasteiger partial charge in [0.25, 0.3) is 0 Å². The third-order valence-electron chi connectivity index (χ3n) is 3.51. The van der Waals surface area contributed by atoms with Gasteiger partial charge in [0.1, 0.15) is 11.3 Å². The topological polar surface area (TPSA) is 55.8 Å². The lowest BCUT2D eigenvalue weighted by Gasteiger charge is -2.26. The molecule has 1 aliphatic rings. The van der Waals surface area contributed by atoms with Crippen LogP contribution in [-0.4, -0.2) is 26.2 Å². The number of hydrogen-bond acceptors (Lipinski definition) is 5. The molecule has 144 valence electrons. The fourth-order valence-corrected chi connectivity index (χ4v) is 2.69. The van der Waals surface area contributed by atoms with Gasteiger partial charge < -0.3 is 14.4 Å². The van der Waals surface area contributed by atoms with Crippen LogP contribution in [0.3, 0.4) is 0 Å². The van der Waals surface area contributed by atoms with Crippen LogP contribution in [-0.2, 0) is 25.2 Å². The van der Waals surface area contributed by atoms with Crippen molar-refractivity contribution in [3.8, 4) is 0 Å². The van der Waals surface area contributed by atoms with Gasteiger partial charge in [-0.1, -0.05) is 6.08 Å². The highest BCUT2D eigenvalue weighted by atomic mass is 79.9. The summed E-state index contributed by atoms with van der Waals surface area (Å²) in [6, 6.07) is 2.02. The van der Waals surface area contributed by atoms with Gasteiger partial charge in [-0.25, -0.2) is 14.0 Å². The number of carbonyl (C=O) groups is 2. The van der Waals surface area contributed by atoms with E-state index < -0.39 is 45.4 Å². The average molecular weight is 450 g/mol. The molecule has 5 nitrogen and oxygen atoms in total. The van der Waals surface area contributed by atoms with Crippen LogP contribution in [0.5, 0.6) is 0 Å². The Morgan fingerprint density at radius 3 is 2.26 bits per heavy atom. The second kappa shape index (κ2) is 7.95. The van der Waals surface area contributed by atoms with E-state index >= 15 is 0 Å². The largest absolute Gasteiger partial charge is 0.465 e. The molecule has 0 aromatic heterocycles. The van der Waals surface area contributed by atoms with E-state index in [1.807, 2.05) is 0 Å². The molecule has 1 aromatic rings. The minimum absolute atomic E-state index is 0.356. The number of methoxy groups -OCH3 is 2. The average Bonchev–Trinajstić information content (AvgIpc) is 2.84. The lowest BCUT2D eigenvalue weighted by atomic mass is 10.1. The maximum absolute atomic E-state index is 14.3. The summed E-state index contributed by atoms with van der Waals surface area (Å²) in [7, 11) is 2.04. The molecular formula is C17H12BrF4NO4. The SMILES string of the molecule is COC(=O)C1=C(C(=O)OC)N(c2ccc(Br)c(F)c2C(F)(F)F)C=CC=C1. The Morgan fingerprint density at radius 2 is 1.70 bits per heavy atom. The van der Waals surface area contributed by atoms with Crippen LogP contribution in [0.15, 0.2) is 52.3 Å². The maximum atomic E-state index is 14.3. The number of nitrogens with zero attached hydrogens (tertiary/aromatic N) is 1. The summed E-state index contributed by atoms with van der Waals surface area (Å²) in [6.07, 6.45) is -0.228. The number of rotatable bonds is 3. The zero-order chi connectivity index (χ0) is 20.4. The third-order valence-corrected chi connectivity index (χ3v) is 4.12. The maximum Gasteiger partial charge on any atom is 0.421 e. The first-order valence-electron chi connectivity index (χ1n) is 7.23. The number of esters is 2. The van der Waals surface area contributed by atoms with Gasteiger partial charge in [-0.2, -0.15) is 13.2 Å².